The van der Waals surface area contributed by atoms with Crippen molar-refractivity contribution in [1.82, 2.24) is 15.0 Å². The van der Waals surface area contributed by atoms with Crippen molar-refractivity contribution in [2.24, 2.45) is 0 Å². The largest absolute Gasteiger partial charge is 0.456 e. The Morgan fingerprint density at radius 1 is 0.304 bits per heavy atom. The number of furan rings is 1. The Balaban J connectivity index is 0.864. The van der Waals surface area contributed by atoms with Crippen LogP contribution in [0, 0.1) is 0 Å². The second-order valence-electron chi connectivity index (χ2n) is 18.2. The first-order valence-corrected chi connectivity index (χ1v) is 24.2. The summed E-state index contributed by atoms with van der Waals surface area (Å²) in [6, 6.07) is 80.9. The van der Waals surface area contributed by atoms with Gasteiger partial charge in [-0.2, -0.15) is 0 Å². The molecule has 0 unspecified atom stereocenters. The number of aromatic nitrogens is 3. The summed E-state index contributed by atoms with van der Waals surface area (Å²) in [5.74, 6) is 1.86. The molecule has 320 valence electrons. The topological polar surface area (TPSA) is 51.8 Å². The van der Waals surface area contributed by atoms with Crippen LogP contribution in [0.4, 0.5) is 0 Å². The highest BCUT2D eigenvalue weighted by atomic mass is 32.1. The zero-order valence-electron chi connectivity index (χ0n) is 37.0. The molecular weight excluding hydrogens is 859 g/mol. The third-order valence-electron chi connectivity index (χ3n) is 14.6. The Morgan fingerprint density at radius 2 is 0.812 bits per heavy atom. The van der Waals surface area contributed by atoms with Crippen molar-refractivity contribution in [3.63, 3.8) is 0 Å². The highest BCUT2D eigenvalue weighted by Crippen LogP contribution is 2.63. The van der Waals surface area contributed by atoms with Gasteiger partial charge in [0.05, 0.1) is 5.41 Å². The fourth-order valence-electron chi connectivity index (χ4n) is 11.6. The third kappa shape index (κ3) is 5.53. The van der Waals surface area contributed by atoms with Crippen LogP contribution in [0.1, 0.15) is 22.3 Å². The lowest BCUT2D eigenvalue weighted by Crippen LogP contribution is -2.25. The fraction of sp³-hybridized carbons (Fsp3) is 0.0156. The minimum Gasteiger partial charge on any atom is -0.456 e. The van der Waals surface area contributed by atoms with E-state index in [4.69, 9.17) is 19.4 Å². The zero-order chi connectivity index (χ0) is 45.2. The molecule has 0 N–H and O–H groups in total. The van der Waals surface area contributed by atoms with E-state index in [1.54, 1.807) is 11.3 Å². The van der Waals surface area contributed by atoms with E-state index in [1.165, 1.54) is 70.4 Å². The van der Waals surface area contributed by atoms with Gasteiger partial charge in [0.2, 0.25) is 0 Å². The molecule has 2 aliphatic carbocycles. The quantitative estimate of drug-likeness (QED) is 0.173. The second kappa shape index (κ2) is 14.6. The summed E-state index contributed by atoms with van der Waals surface area (Å²) >= 11 is 1.79. The van der Waals surface area contributed by atoms with E-state index in [9.17, 15) is 0 Å². The highest BCUT2D eigenvalue weighted by molar-refractivity contribution is 7.25. The van der Waals surface area contributed by atoms with Gasteiger partial charge in [-0.3, -0.25) is 0 Å². The van der Waals surface area contributed by atoms with Gasteiger partial charge in [0.25, 0.3) is 0 Å². The molecule has 0 fully saturated rings. The minimum atomic E-state index is -0.361. The van der Waals surface area contributed by atoms with Gasteiger partial charge in [0.15, 0.2) is 17.5 Å². The molecule has 69 heavy (non-hydrogen) atoms. The molecule has 0 bridgehead atoms. The van der Waals surface area contributed by atoms with Gasteiger partial charge in [-0.1, -0.05) is 182 Å². The van der Waals surface area contributed by atoms with Crippen molar-refractivity contribution in [3.05, 3.63) is 247 Å². The van der Waals surface area contributed by atoms with Crippen molar-refractivity contribution >= 4 is 53.4 Å². The SMILES string of the molecule is c1ccc(-c2nc(-c3cccc4oc5ccc(-c6cccc(-c7ccc8c(c7)-c7ccccc7C87c8ccccc8-c8ccccc87)c6)cc5c34)nc(-c3cccc4sc5ccccc5c34)n2)cc1. The number of hydrogen-bond acceptors (Lipinski definition) is 5. The van der Waals surface area contributed by atoms with Crippen LogP contribution in [-0.2, 0) is 5.41 Å². The molecule has 3 heterocycles. The number of fused-ring (bicyclic) bond motifs is 16. The average Bonchev–Trinajstić information content (AvgIpc) is 4.16. The van der Waals surface area contributed by atoms with Crippen LogP contribution in [-0.4, -0.2) is 15.0 Å². The number of hydrogen-bond donors (Lipinski definition) is 0. The molecule has 15 rings (SSSR count). The maximum absolute atomic E-state index is 6.61. The lowest BCUT2D eigenvalue weighted by Gasteiger charge is -2.30. The molecule has 5 heteroatoms. The van der Waals surface area contributed by atoms with Crippen LogP contribution in [0.2, 0.25) is 0 Å². The monoisotopic (exact) mass is 895 g/mol. The van der Waals surface area contributed by atoms with E-state index in [0.29, 0.717) is 17.5 Å². The normalized spacial score (nSPS) is 13.0. The van der Waals surface area contributed by atoms with Crippen LogP contribution in [0.5, 0.6) is 0 Å². The van der Waals surface area contributed by atoms with Crippen molar-refractivity contribution in [3.8, 4) is 78.7 Å². The summed E-state index contributed by atoms with van der Waals surface area (Å²) in [6.45, 7) is 0. The maximum Gasteiger partial charge on any atom is 0.164 e. The van der Waals surface area contributed by atoms with Crippen molar-refractivity contribution < 1.29 is 4.42 Å². The standard InChI is InChI=1S/C64H37N3OS/c1-2-15-38(16-3-1)61-65-62(67-63(66-61)48-24-14-30-58-60(48)46-22-7-11-29-57(46)69-58)47-23-13-28-56-59(47)50-37-42(32-34-55(50)68-56)40-18-12-17-39(35-40)41-31-33-54-49(36-41)45-21-6-10-27-53(45)64(54)51-25-8-4-19-43(51)44-20-5-9-26-52(44)64/h1-37H. The minimum absolute atomic E-state index is 0.361. The van der Waals surface area contributed by atoms with Crippen molar-refractivity contribution in [2.75, 3.05) is 0 Å². The Bertz CT molecular complexity index is 4230. The van der Waals surface area contributed by atoms with E-state index in [1.807, 2.05) is 30.3 Å². The van der Waals surface area contributed by atoms with Crippen LogP contribution < -0.4 is 0 Å². The van der Waals surface area contributed by atoms with Crippen molar-refractivity contribution in [1.29, 1.82) is 0 Å². The summed E-state index contributed by atoms with van der Waals surface area (Å²) in [4.78, 5) is 15.7. The summed E-state index contributed by atoms with van der Waals surface area (Å²) in [7, 11) is 0. The van der Waals surface area contributed by atoms with Crippen molar-refractivity contribution in [2.45, 2.75) is 5.41 Å². The van der Waals surface area contributed by atoms with E-state index < -0.39 is 0 Å². The van der Waals surface area contributed by atoms with Gasteiger partial charge >= 0.3 is 0 Å². The molecule has 0 aliphatic heterocycles. The maximum atomic E-state index is 6.61. The van der Waals surface area contributed by atoms with E-state index >= 15 is 0 Å². The van der Waals surface area contributed by atoms with Crippen LogP contribution >= 0.6 is 11.3 Å². The molecule has 0 saturated carbocycles. The van der Waals surface area contributed by atoms with Gasteiger partial charge < -0.3 is 4.42 Å². The summed E-state index contributed by atoms with van der Waals surface area (Å²) < 4.78 is 9.05. The van der Waals surface area contributed by atoms with E-state index in [-0.39, 0.29) is 5.41 Å². The van der Waals surface area contributed by atoms with Crippen LogP contribution in [0.15, 0.2) is 229 Å². The predicted octanol–water partition coefficient (Wildman–Crippen LogP) is 16.8. The predicted molar refractivity (Wildman–Crippen MR) is 283 cm³/mol. The summed E-state index contributed by atoms with van der Waals surface area (Å²) in [6.07, 6.45) is 0. The van der Waals surface area contributed by atoms with Gasteiger partial charge in [-0.25, -0.2) is 15.0 Å². The lowest BCUT2D eigenvalue weighted by atomic mass is 9.70. The van der Waals surface area contributed by atoms with Gasteiger partial charge in [0, 0.05) is 47.6 Å². The number of thiophene rings is 1. The summed E-state index contributed by atoms with van der Waals surface area (Å²) in [5.41, 5.74) is 19.2. The van der Waals surface area contributed by atoms with Gasteiger partial charge in [-0.05, 0) is 109 Å². The van der Waals surface area contributed by atoms with E-state index in [0.717, 1.165) is 55.1 Å². The first-order valence-electron chi connectivity index (χ1n) is 23.4. The molecule has 10 aromatic carbocycles. The first-order chi connectivity index (χ1) is 34.2. The molecule has 3 aromatic heterocycles. The van der Waals surface area contributed by atoms with Gasteiger partial charge in [-0.15, -0.1) is 11.3 Å². The molecule has 4 nitrogen and oxygen atoms in total. The first kappa shape index (κ1) is 38.3. The van der Waals surface area contributed by atoms with E-state index in [2.05, 4.69) is 194 Å². The third-order valence-corrected chi connectivity index (χ3v) is 15.7. The molecule has 0 atom stereocenters. The number of nitrogens with zero attached hydrogens (tertiary/aromatic N) is 3. The molecule has 0 radical (unpaired) electrons. The molecule has 2 aliphatic rings. The molecule has 0 saturated heterocycles. The Morgan fingerprint density at radius 3 is 1.55 bits per heavy atom. The fourth-order valence-corrected chi connectivity index (χ4v) is 12.8. The van der Waals surface area contributed by atoms with Crippen LogP contribution in [0.3, 0.4) is 0 Å². The zero-order valence-corrected chi connectivity index (χ0v) is 37.8. The lowest BCUT2D eigenvalue weighted by molar-refractivity contribution is 0.669. The highest BCUT2D eigenvalue weighted by Gasteiger charge is 2.51. The van der Waals surface area contributed by atoms with Gasteiger partial charge in [0.1, 0.15) is 11.2 Å². The Labute approximate surface area is 401 Å². The smallest absolute Gasteiger partial charge is 0.164 e. The Hall–Kier alpha value is -8.77. The molecule has 0 amide bonds. The number of benzene rings is 10. The second-order valence-corrected chi connectivity index (χ2v) is 19.3. The molecule has 1 spiro atoms. The summed E-state index contributed by atoms with van der Waals surface area (Å²) in [5, 5.41) is 4.34. The Kier molecular flexibility index (Phi) is 8.12. The molecule has 13 aromatic rings. The average molecular weight is 896 g/mol. The number of rotatable bonds is 5. The molecular formula is C64H37N3OS. The van der Waals surface area contributed by atoms with Crippen LogP contribution in [0.25, 0.3) is 121 Å².